The van der Waals surface area contributed by atoms with Crippen LogP contribution >= 0.6 is 11.6 Å². The summed E-state index contributed by atoms with van der Waals surface area (Å²) in [6.45, 7) is 6.56. The molecule has 3 aromatic rings. The molecule has 168 valence electrons. The highest BCUT2D eigenvalue weighted by Crippen LogP contribution is 2.21. The zero-order chi connectivity index (χ0) is 22.5. The molecule has 0 aliphatic carbocycles. The first-order valence-electron chi connectivity index (χ1n) is 11.2. The third-order valence-electron chi connectivity index (χ3n) is 5.98. The van der Waals surface area contributed by atoms with Crippen molar-refractivity contribution in [3.63, 3.8) is 0 Å². The zero-order valence-electron chi connectivity index (χ0n) is 18.6. The number of nitrogens with zero attached hydrogens (tertiary/aromatic N) is 5. The lowest BCUT2D eigenvalue weighted by Crippen LogP contribution is -2.30. The van der Waals surface area contributed by atoms with E-state index in [-0.39, 0.29) is 5.91 Å². The van der Waals surface area contributed by atoms with Crippen LogP contribution in [0.15, 0.2) is 36.4 Å². The van der Waals surface area contributed by atoms with E-state index in [1.165, 1.54) is 19.3 Å². The lowest BCUT2D eigenvalue weighted by Gasteiger charge is -2.27. The quantitative estimate of drug-likeness (QED) is 0.582. The molecular formula is C24H29ClN6O. The molecule has 1 N–H and O–H groups in total. The number of piperidine rings is 1. The van der Waals surface area contributed by atoms with Gasteiger partial charge in [0.15, 0.2) is 11.6 Å². The van der Waals surface area contributed by atoms with Crippen LogP contribution in [0.2, 0.25) is 5.02 Å². The van der Waals surface area contributed by atoms with Crippen LogP contribution in [0.25, 0.3) is 5.82 Å². The van der Waals surface area contributed by atoms with Crippen molar-refractivity contribution >= 4 is 23.3 Å². The zero-order valence-corrected chi connectivity index (χ0v) is 19.4. The number of aryl methyl sites for hydroxylation is 1. The van der Waals surface area contributed by atoms with Gasteiger partial charge in [-0.1, -0.05) is 23.7 Å². The summed E-state index contributed by atoms with van der Waals surface area (Å²) in [6, 6.07) is 11.5. The van der Waals surface area contributed by atoms with E-state index < -0.39 is 0 Å². The highest BCUT2D eigenvalue weighted by atomic mass is 35.5. The molecule has 1 fully saturated rings. The van der Waals surface area contributed by atoms with Crippen LogP contribution in [0.5, 0.6) is 0 Å². The largest absolute Gasteiger partial charge is 0.355 e. The molecule has 8 heteroatoms. The predicted molar refractivity (Wildman–Crippen MR) is 126 cm³/mol. The maximum absolute atomic E-state index is 12.4. The van der Waals surface area contributed by atoms with Gasteiger partial charge in [-0.2, -0.15) is 5.10 Å². The molecule has 1 aliphatic rings. The molecule has 2 aromatic heterocycles. The second-order valence-corrected chi connectivity index (χ2v) is 8.70. The fourth-order valence-corrected chi connectivity index (χ4v) is 4.24. The van der Waals surface area contributed by atoms with Crippen LogP contribution in [0.4, 0.5) is 5.82 Å². The Morgan fingerprint density at radius 2 is 1.69 bits per heavy atom. The molecule has 1 saturated heterocycles. The van der Waals surface area contributed by atoms with Gasteiger partial charge in [0.1, 0.15) is 0 Å². The van der Waals surface area contributed by atoms with Gasteiger partial charge in [-0.15, -0.1) is 10.2 Å². The molecule has 32 heavy (non-hydrogen) atoms. The number of anilines is 1. The van der Waals surface area contributed by atoms with Gasteiger partial charge in [-0.05, 0) is 74.9 Å². The van der Waals surface area contributed by atoms with Crippen LogP contribution < -0.4 is 10.2 Å². The molecule has 0 saturated carbocycles. The normalized spacial score (nSPS) is 13.9. The van der Waals surface area contributed by atoms with E-state index in [0.717, 1.165) is 41.4 Å². The van der Waals surface area contributed by atoms with Crippen LogP contribution in [0.1, 0.15) is 48.2 Å². The molecule has 1 aromatic carbocycles. The van der Waals surface area contributed by atoms with Crippen LogP contribution in [0, 0.1) is 13.8 Å². The summed E-state index contributed by atoms with van der Waals surface area (Å²) in [5, 5.41) is 17.2. The van der Waals surface area contributed by atoms with Crippen molar-refractivity contribution in [1.82, 2.24) is 25.3 Å². The van der Waals surface area contributed by atoms with E-state index in [0.29, 0.717) is 30.2 Å². The molecule has 7 nitrogen and oxygen atoms in total. The Morgan fingerprint density at radius 1 is 1.00 bits per heavy atom. The molecule has 1 amide bonds. The first kappa shape index (κ1) is 22.3. The lowest BCUT2D eigenvalue weighted by atomic mass is 10.1. The number of carbonyl (C=O) groups excluding carboxylic acids is 1. The summed E-state index contributed by atoms with van der Waals surface area (Å²) in [7, 11) is 0. The number of amides is 1. The second kappa shape index (κ2) is 10.1. The van der Waals surface area contributed by atoms with Crippen molar-refractivity contribution in [2.75, 3.05) is 18.0 Å². The third kappa shape index (κ3) is 5.27. The van der Waals surface area contributed by atoms with Crippen molar-refractivity contribution in [1.29, 1.82) is 0 Å². The van der Waals surface area contributed by atoms with Crippen LogP contribution in [-0.2, 0) is 17.8 Å². The Hall–Kier alpha value is -2.93. The molecule has 0 spiro atoms. The van der Waals surface area contributed by atoms with Crippen molar-refractivity contribution < 1.29 is 4.79 Å². The number of carbonyl (C=O) groups is 1. The molecule has 0 radical (unpaired) electrons. The second-order valence-electron chi connectivity index (χ2n) is 8.26. The predicted octanol–water partition coefficient (Wildman–Crippen LogP) is 4.17. The van der Waals surface area contributed by atoms with E-state index in [1.807, 2.05) is 54.9 Å². The van der Waals surface area contributed by atoms with E-state index in [9.17, 15) is 4.79 Å². The van der Waals surface area contributed by atoms with Crippen LogP contribution in [-0.4, -0.2) is 39.0 Å². The summed E-state index contributed by atoms with van der Waals surface area (Å²) < 4.78 is 1.82. The summed E-state index contributed by atoms with van der Waals surface area (Å²) in [4.78, 5) is 14.6. The number of rotatable bonds is 7. The molecule has 3 heterocycles. The number of benzene rings is 1. The summed E-state index contributed by atoms with van der Waals surface area (Å²) in [6.07, 6.45) is 4.73. The Bertz CT molecular complexity index is 1060. The summed E-state index contributed by atoms with van der Waals surface area (Å²) >= 11 is 5.91. The molecule has 0 bridgehead atoms. The van der Waals surface area contributed by atoms with Gasteiger partial charge in [-0.3, -0.25) is 4.79 Å². The Kier molecular flexibility index (Phi) is 7.05. The first-order chi connectivity index (χ1) is 15.5. The van der Waals surface area contributed by atoms with Crippen molar-refractivity contribution in [3.8, 4) is 5.82 Å². The standard InChI is InChI=1S/C24H29ClN6O/c1-17-21(10-13-24(32)26-16-19-6-8-20(25)9-7-19)18(2)31(29-17)23-12-11-22(27-28-23)30-14-4-3-5-15-30/h6-9,11-12H,3-5,10,13-16H2,1-2H3,(H,26,32). The topological polar surface area (TPSA) is 75.9 Å². The maximum Gasteiger partial charge on any atom is 0.220 e. The molecule has 4 rings (SSSR count). The number of hydrogen-bond acceptors (Lipinski definition) is 5. The third-order valence-corrected chi connectivity index (χ3v) is 6.23. The van der Waals surface area contributed by atoms with E-state index in [4.69, 9.17) is 11.6 Å². The van der Waals surface area contributed by atoms with E-state index in [1.54, 1.807) is 0 Å². The number of hydrogen-bond donors (Lipinski definition) is 1. The van der Waals surface area contributed by atoms with Gasteiger partial charge in [0.25, 0.3) is 0 Å². The van der Waals surface area contributed by atoms with Gasteiger partial charge in [-0.25, -0.2) is 4.68 Å². The van der Waals surface area contributed by atoms with Gasteiger partial charge in [0.2, 0.25) is 5.91 Å². The Morgan fingerprint density at radius 3 is 2.38 bits per heavy atom. The van der Waals surface area contributed by atoms with Gasteiger partial charge in [0, 0.05) is 36.8 Å². The van der Waals surface area contributed by atoms with E-state index in [2.05, 4.69) is 25.5 Å². The summed E-state index contributed by atoms with van der Waals surface area (Å²) in [5.41, 5.74) is 4.01. The smallest absolute Gasteiger partial charge is 0.220 e. The van der Waals surface area contributed by atoms with Gasteiger partial charge >= 0.3 is 0 Å². The minimum Gasteiger partial charge on any atom is -0.355 e. The average Bonchev–Trinajstić information content (AvgIpc) is 3.11. The van der Waals surface area contributed by atoms with Crippen molar-refractivity contribution in [2.45, 2.75) is 52.5 Å². The SMILES string of the molecule is Cc1nn(-c2ccc(N3CCCCC3)nn2)c(C)c1CCC(=O)NCc1ccc(Cl)cc1. The summed E-state index contributed by atoms with van der Waals surface area (Å²) in [5.74, 6) is 1.63. The Labute approximate surface area is 193 Å². The number of aromatic nitrogens is 4. The highest BCUT2D eigenvalue weighted by Gasteiger charge is 2.17. The number of halogens is 1. The number of nitrogens with one attached hydrogen (secondary N) is 1. The van der Waals surface area contributed by atoms with Gasteiger partial charge in [0.05, 0.1) is 5.69 Å². The van der Waals surface area contributed by atoms with Crippen LogP contribution in [0.3, 0.4) is 0 Å². The highest BCUT2D eigenvalue weighted by molar-refractivity contribution is 6.30. The fourth-order valence-electron chi connectivity index (χ4n) is 4.11. The monoisotopic (exact) mass is 452 g/mol. The minimum absolute atomic E-state index is 0.0113. The molecule has 1 aliphatic heterocycles. The van der Waals surface area contributed by atoms with Crippen molar-refractivity contribution in [2.24, 2.45) is 0 Å². The molecular weight excluding hydrogens is 424 g/mol. The first-order valence-corrected chi connectivity index (χ1v) is 11.5. The lowest BCUT2D eigenvalue weighted by molar-refractivity contribution is -0.121. The van der Waals surface area contributed by atoms with E-state index >= 15 is 0 Å². The maximum atomic E-state index is 12.4. The molecule has 0 atom stereocenters. The van der Waals surface area contributed by atoms with Crippen molar-refractivity contribution in [3.05, 3.63) is 63.9 Å². The fraction of sp³-hybridized carbons (Fsp3) is 0.417. The van der Waals surface area contributed by atoms with Gasteiger partial charge < -0.3 is 10.2 Å². The minimum atomic E-state index is 0.0113. The average molecular weight is 453 g/mol. The molecule has 0 unspecified atom stereocenters. The Balaban J connectivity index is 1.37.